The molecule has 1 fully saturated rings. The van der Waals surface area contributed by atoms with E-state index in [4.69, 9.17) is 4.42 Å². The van der Waals surface area contributed by atoms with Gasteiger partial charge in [-0.2, -0.15) is 4.98 Å². The number of likely N-dealkylation sites (tertiary alicyclic amines) is 1. The number of nitrogens with one attached hydrogen (secondary N) is 1. The number of fused-ring (bicyclic) bond motifs is 1. The van der Waals surface area contributed by atoms with Gasteiger partial charge in [0.05, 0.1) is 6.54 Å². The van der Waals surface area contributed by atoms with Gasteiger partial charge in [0.15, 0.2) is 5.58 Å². The summed E-state index contributed by atoms with van der Waals surface area (Å²) >= 11 is 0. The van der Waals surface area contributed by atoms with Crippen molar-refractivity contribution in [2.45, 2.75) is 25.9 Å². The number of aryl methyl sites for hydroxylation is 1. The Labute approximate surface area is 122 Å². The molecular weight excluding hydrogens is 270 g/mol. The Hall–Kier alpha value is -2.08. The van der Waals surface area contributed by atoms with Crippen molar-refractivity contribution >= 4 is 23.0 Å². The second-order valence-electron chi connectivity index (χ2n) is 5.76. The second kappa shape index (κ2) is 5.04. The molecule has 2 aromatic rings. The molecule has 2 N–H and O–H groups in total. The SMILES string of the molecule is CC(=O)N1CCC(O)(CNc2nc3cc(C)ccc3o2)C1. The van der Waals surface area contributed by atoms with E-state index in [-0.39, 0.29) is 5.91 Å². The third-order valence-electron chi connectivity index (χ3n) is 3.89. The van der Waals surface area contributed by atoms with Crippen LogP contribution in [0, 0.1) is 6.92 Å². The Kier molecular flexibility index (Phi) is 3.33. The Morgan fingerprint density at radius 3 is 3.10 bits per heavy atom. The van der Waals surface area contributed by atoms with Gasteiger partial charge in [-0.1, -0.05) is 6.07 Å². The lowest BCUT2D eigenvalue weighted by Gasteiger charge is -2.22. The fourth-order valence-electron chi connectivity index (χ4n) is 2.62. The number of carbonyl (C=O) groups is 1. The van der Waals surface area contributed by atoms with Crippen LogP contribution >= 0.6 is 0 Å². The Balaban J connectivity index is 1.67. The van der Waals surface area contributed by atoms with Crippen molar-refractivity contribution < 1.29 is 14.3 Å². The summed E-state index contributed by atoms with van der Waals surface area (Å²) in [6.07, 6.45) is 0.554. The molecule has 6 heteroatoms. The summed E-state index contributed by atoms with van der Waals surface area (Å²) in [7, 11) is 0. The summed E-state index contributed by atoms with van der Waals surface area (Å²) in [6.45, 7) is 4.75. The first-order valence-corrected chi connectivity index (χ1v) is 7.04. The van der Waals surface area contributed by atoms with Crippen molar-refractivity contribution in [2.75, 3.05) is 25.0 Å². The second-order valence-corrected chi connectivity index (χ2v) is 5.76. The van der Waals surface area contributed by atoms with Gasteiger partial charge >= 0.3 is 0 Å². The van der Waals surface area contributed by atoms with Crippen molar-refractivity contribution in [3.8, 4) is 0 Å². The first kappa shape index (κ1) is 13.9. The fraction of sp³-hybridized carbons (Fsp3) is 0.467. The van der Waals surface area contributed by atoms with Gasteiger partial charge in [-0.15, -0.1) is 0 Å². The first-order chi connectivity index (χ1) is 9.95. The molecule has 2 heterocycles. The minimum atomic E-state index is -0.928. The van der Waals surface area contributed by atoms with Crippen LogP contribution in [0.3, 0.4) is 0 Å². The highest BCUT2D eigenvalue weighted by atomic mass is 16.4. The van der Waals surface area contributed by atoms with Crippen molar-refractivity contribution in [1.82, 2.24) is 9.88 Å². The van der Waals surface area contributed by atoms with Crippen LogP contribution in [0.15, 0.2) is 22.6 Å². The van der Waals surface area contributed by atoms with Gasteiger partial charge in [0.25, 0.3) is 6.01 Å². The smallest absolute Gasteiger partial charge is 0.295 e. The third kappa shape index (κ3) is 2.85. The van der Waals surface area contributed by atoms with Crippen LogP contribution in [0.1, 0.15) is 18.9 Å². The molecule has 1 aliphatic heterocycles. The molecule has 1 aromatic heterocycles. The van der Waals surface area contributed by atoms with E-state index in [9.17, 15) is 9.90 Å². The molecule has 1 atom stereocenters. The van der Waals surface area contributed by atoms with Gasteiger partial charge in [0, 0.05) is 20.0 Å². The van der Waals surface area contributed by atoms with Gasteiger partial charge in [-0.3, -0.25) is 4.79 Å². The summed E-state index contributed by atoms with van der Waals surface area (Å²) < 4.78 is 5.59. The van der Waals surface area contributed by atoms with Crippen LogP contribution in [-0.2, 0) is 4.79 Å². The van der Waals surface area contributed by atoms with E-state index in [1.165, 1.54) is 6.92 Å². The number of nitrogens with zero attached hydrogens (tertiary/aromatic N) is 2. The minimum Gasteiger partial charge on any atom is -0.424 e. The summed E-state index contributed by atoms with van der Waals surface area (Å²) in [4.78, 5) is 17.3. The molecule has 1 amide bonds. The molecule has 0 saturated carbocycles. The molecule has 0 aliphatic carbocycles. The number of carbonyl (C=O) groups excluding carboxylic acids is 1. The van der Waals surface area contributed by atoms with Crippen molar-refractivity contribution in [1.29, 1.82) is 0 Å². The zero-order valence-corrected chi connectivity index (χ0v) is 12.2. The molecule has 0 bridgehead atoms. The van der Waals surface area contributed by atoms with Gasteiger partial charge in [0.1, 0.15) is 11.1 Å². The van der Waals surface area contributed by atoms with E-state index in [1.807, 2.05) is 25.1 Å². The third-order valence-corrected chi connectivity index (χ3v) is 3.89. The van der Waals surface area contributed by atoms with Crippen LogP contribution in [0.25, 0.3) is 11.1 Å². The average Bonchev–Trinajstić information content (AvgIpc) is 3.00. The number of β-amino-alcohol motifs (C(OH)–C–C–N with tert-alkyl or cyclic N) is 1. The van der Waals surface area contributed by atoms with Crippen molar-refractivity contribution in [3.05, 3.63) is 23.8 Å². The van der Waals surface area contributed by atoms with Crippen molar-refractivity contribution in [3.63, 3.8) is 0 Å². The highest BCUT2D eigenvalue weighted by Crippen LogP contribution is 2.24. The monoisotopic (exact) mass is 289 g/mol. The number of aliphatic hydroxyl groups is 1. The fourth-order valence-corrected chi connectivity index (χ4v) is 2.62. The Morgan fingerprint density at radius 1 is 1.57 bits per heavy atom. The number of hydrogen-bond donors (Lipinski definition) is 2. The maximum Gasteiger partial charge on any atom is 0.295 e. The molecule has 1 saturated heterocycles. The molecule has 1 aromatic carbocycles. The van der Waals surface area contributed by atoms with Crippen LogP contribution in [0.5, 0.6) is 0 Å². The highest BCUT2D eigenvalue weighted by molar-refractivity contribution is 5.75. The number of oxazole rings is 1. The molecule has 3 rings (SSSR count). The van der Waals surface area contributed by atoms with Crippen LogP contribution < -0.4 is 5.32 Å². The lowest BCUT2D eigenvalue weighted by atomic mass is 10.0. The largest absolute Gasteiger partial charge is 0.424 e. The van der Waals surface area contributed by atoms with Crippen LogP contribution in [-0.4, -0.2) is 46.1 Å². The molecule has 0 radical (unpaired) electrons. The number of benzene rings is 1. The van der Waals surface area contributed by atoms with E-state index in [1.54, 1.807) is 4.90 Å². The van der Waals surface area contributed by atoms with E-state index in [0.717, 1.165) is 11.1 Å². The quantitative estimate of drug-likeness (QED) is 0.896. The predicted octanol–water partition coefficient (Wildman–Crippen LogP) is 1.53. The van der Waals surface area contributed by atoms with Gasteiger partial charge in [-0.05, 0) is 31.0 Å². The van der Waals surface area contributed by atoms with E-state index in [0.29, 0.717) is 37.7 Å². The number of amides is 1. The Bertz CT molecular complexity index is 682. The molecule has 6 nitrogen and oxygen atoms in total. The zero-order chi connectivity index (χ0) is 15.0. The summed E-state index contributed by atoms with van der Waals surface area (Å²) in [5.41, 5.74) is 1.70. The molecule has 112 valence electrons. The average molecular weight is 289 g/mol. The maximum absolute atomic E-state index is 11.3. The van der Waals surface area contributed by atoms with Gasteiger partial charge in [0.2, 0.25) is 5.91 Å². The molecule has 1 unspecified atom stereocenters. The molecule has 1 aliphatic rings. The summed E-state index contributed by atoms with van der Waals surface area (Å²) in [5, 5.41) is 13.5. The molecule has 21 heavy (non-hydrogen) atoms. The maximum atomic E-state index is 11.3. The topological polar surface area (TPSA) is 78.6 Å². The summed E-state index contributed by atoms with van der Waals surface area (Å²) in [6, 6.07) is 6.19. The van der Waals surface area contributed by atoms with E-state index < -0.39 is 5.60 Å². The van der Waals surface area contributed by atoms with E-state index >= 15 is 0 Å². The van der Waals surface area contributed by atoms with Crippen LogP contribution in [0.4, 0.5) is 6.01 Å². The minimum absolute atomic E-state index is 0.0109. The van der Waals surface area contributed by atoms with Gasteiger partial charge in [-0.25, -0.2) is 0 Å². The predicted molar refractivity (Wildman–Crippen MR) is 79.1 cm³/mol. The molecular formula is C15H19N3O3. The number of hydrogen-bond acceptors (Lipinski definition) is 5. The van der Waals surface area contributed by atoms with Crippen LogP contribution in [0.2, 0.25) is 0 Å². The van der Waals surface area contributed by atoms with E-state index in [2.05, 4.69) is 10.3 Å². The first-order valence-electron chi connectivity index (χ1n) is 7.04. The number of rotatable bonds is 3. The normalized spacial score (nSPS) is 22.0. The lowest BCUT2D eigenvalue weighted by Crippen LogP contribution is -2.40. The van der Waals surface area contributed by atoms with Gasteiger partial charge < -0.3 is 19.7 Å². The molecule has 0 spiro atoms. The number of anilines is 1. The lowest BCUT2D eigenvalue weighted by molar-refractivity contribution is -0.128. The summed E-state index contributed by atoms with van der Waals surface area (Å²) in [5.74, 6) is -0.0109. The van der Waals surface area contributed by atoms with Crippen molar-refractivity contribution in [2.24, 2.45) is 0 Å². The standard InChI is InChI=1S/C15H19N3O3/c1-10-3-4-13-12(7-10)17-14(21-13)16-8-15(20)5-6-18(9-15)11(2)19/h3-4,7,20H,5-6,8-9H2,1-2H3,(H,16,17). The number of aromatic nitrogens is 1. The Morgan fingerprint density at radius 2 is 2.38 bits per heavy atom. The highest BCUT2D eigenvalue weighted by Gasteiger charge is 2.37. The zero-order valence-electron chi connectivity index (χ0n) is 12.2.